The molecule has 2 N–H and O–H groups in total. The Kier molecular flexibility index (Phi) is 7.59. The van der Waals surface area contributed by atoms with E-state index in [9.17, 15) is 29.0 Å². The lowest BCUT2D eigenvalue weighted by molar-refractivity contribution is -0.197. The number of hydrogen-bond donors (Lipinski definition) is 2. The molecule has 2 saturated heterocycles. The first-order chi connectivity index (χ1) is 18.3. The van der Waals surface area contributed by atoms with Gasteiger partial charge in [0, 0.05) is 42.3 Å². The van der Waals surface area contributed by atoms with Crippen LogP contribution in [0.1, 0.15) is 52.9 Å². The van der Waals surface area contributed by atoms with E-state index in [1.807, 2.05) is 17.5 Å². The van der Waals surface area contributed by atoms with Gasteiger partial charge in [0.1, 0.15) is 6.04 Å². The molecule has 0 spiro atoms. The Bertz CT molecular complexity index is 1250. The van der Waals surface area contributed by atoms with Gasteiger partial charge in [-0.1, -0.05) is 12.1 Å². The number of nitrogens with one attached hydrogen (secondary N) is 1. The van der Waals surface area contributed by atoms with Crippen LogP contribution in [0.15, 0.2) is 35.7 Å². The molecule has 198 valence electrons. The number of hydroxylamine groups is 2. The summed E-state index contributed by atoms with van der Waals surface area (Å²) >= 11 is 1.47. The van der Waals surface area contributed by atoms with Crippen molar-refractivity contribution in [2.75, 3.05) is 6.54 Å². The Morgan fingerprint density at radius 2 is 2.00 bits per heavy atom. The number of hydrogen-bond acceptors (Lipinski definition) is 9. The summed E-state index contributed by atoms with van der Waals surface area (Å²) in [5.74, 6) is -2.69. The molecular formula is C25H26BN3O8S. The lowest BCUT2D eigenvalue weighted by Gasteiger charge is -2.27. The normalized spacial score (nSPS) is 19.6. The van der Waals surface area contributed by atoms with Crippen LogP contribution >= 0.6 is 11.3 Å². The van der Waals surface area contributed by atoms with Crippen molar-refractivity contribution in [2.45, 2.75) is 57.2 Å². The zero-order valence-corrected chi connectivity index (χ0v) is 21.3. The third-order valence-electron chi connectivity index (χ3n) is 6.86. The van der Waals surface area contributed by atoms with Gasteiger partial charge >= 0.3 is 13.1 Å². The number of nitrogens with zero attached hydrogens (tertiary/aromatic N) is 2. The fourth-order valence-electron chi connectivity index (χ4n) is 4.94. The monoisotopic (exact) mass is 539 g/mol. The fraction of sp³-hybridized carbons (Fsp3) is 0.400. The first-order valence-electron chi connectivity index (χ1n) is 12.4. The summed E-state index contributed by atoms with van der Waals surface area (Å²) < 4.78 is 5.20. The first-order valence-corrected chi connectivity index (χ1v) is 13.3. The molecule has 2 aromatic rings. The Balaban J connectivity index is 1.27. The molecular weight excluding hydrogens is 513 g/mol. The minimum atomic E-state index is -1.08. The average Bonchev–Trinajstić information content (AvgIpc) is 3.70. The molecule has 4 heterocycles. The highest BCUT2D eigenvalue weighted by atomic mass is 32.1. The van der Waals surface area contributed by atoms with Crippen LogP contribution in [0.4, 0.5) is 0 Å². The van der Waals surface area contributed by atoms with Crippen molar-refractivity contribution >= 4 is 53.5 Å². The van der Waals surface area contributed by atoms with Crippen LogP contribution in [0.2, 0.25) is 0 Å². The maximum absolute atomic E-state index is 13.4. The molecule has 11 nitrogen and oxygen atoms in total. The highest BCUT2D eigenvalue weighted by Crippen LogP contribution is 2.23. The van der Waals surface area contributed by atoms with Crippen molar-refractivity contribution in [3.8, 4) is 0 Å². The summed E-state index contributed by atoms with van der Waals surface area (Å²) in [5, 5.41) is 15.3. The minimum absolute atomic E-state index is 0.0107. The highest BCUT2D eigenvalue weighted by Gasteiger charge is 2.38. The molecule has 2 fully saturated rings. The van der Waals surface area contributed by atoms with Crippen molar-refractivity contribution in [3.05, 3.63) is 51.7 Å². The van der Waals surface area contributed by atoms with E-state index in [-0.39, 0.29) is 31.8 Å². The van der Waals surface area contributed by atoms with Gasteiger partial charge in [0.25, 0.3) is 17.7 Å². The van der Waals surface area contributed by atoms with Gasteiger partial charge in [0.15, 0.2) is 0 Å². The van der Waals surface area contributed by atoms with Crippen LogP contribution < -0.4 is 10.8 Å². The first kappa shape index (κ1) is 26.1. The largest absolute Gasteiger partial charge is 0.491 e. The third-order valence-corrected chi connectivity index (χ3v) is 7.76. The number of carbonyl (C=O) groups is 5. The van der Waals surface area contributed by atoms with Gasteiger partial charge in [0.2, 0.25) is 5.91 Å². The van der Waals surface area contributed by atoms with Crippen LogP contribution in [0.5, 0.6) is 0 Å². The molecule has 0 aliphatic carbocycles. The van der Waals surface area contributed by atoms with Gasteiger partial charge in [-0.05, 0) is 47.4 Å². The SMILES string of the molecule is O=C(C[C@@H](Cc1cccs1)NC(=O)[C@@H]1CCCN1C(=O)c1ccc2c(c1)B(O)OC2)ON1C(=O)CCC1=O. The Morgan fingerprint density at radius 1 is 1.21 bits per heavy atom. The van der Waals surface area contributed by atoms with E-state index >= 15 is 0 Å². The van der Waals surface area contributed by atoms with E-state index in [0.29, 0.717) is 41.9 Å². The van der Waals surface area contributed by atoms with Gasteiger partial charge in [-0.25, -0.2) is 4.79 Å². The number of rotatable bonds is 8. The molecule has 0 radical (unpaired) electrons. The maximum Gasteiger partial charge on any atom is 0.491 e. The molecule has 13 heteroatoms. The third kappa shape index (κ3) is 5.49. The number of amides is 4. The summed E-state index contributed by atoms with van der Waals surface area (Å²) in [6, 6.07) is 7.31. The van der Waals surface area contributed by atoms with E-state index in [1.54, 1.807) is 18.2 Å². The molecule has 4 amide bonds. The van der Waals surface area contributed by atoms with Crippen molar-refractivity contribution in [3.63, 3.8) is 0 Å². The van der Waals surface area contributed by atoms with E-state index < -0.39 is 42.9 Å². The molecule has 1 aromatic heterocycles. The second kappa shape index (κ2) is 11.1. The van der Waals surface area contributed by atoms with Gasteiger partial charge in [0.05, 0.1) is 13.0 Å². The van der Waals surface area contributed by atoms with Crippen molar-refractivity contribution in [1.29, 1.82) is 0 Å². The van der Waals surface area contributed by atoms with Crippen LogP contribution in [-0.2, 0) is 41.7 Å². The number of likely N-dealkylation sites (tertiary alicyclic amines) is 1. The molecule has 38 heavy (non-hydrogen) atoms. The molecule has 2 atom stereocenters. The zero-order chi connectivity index (χ0) is 26.8. The quantitative estimate of drug-likeness (QED) is 0.360. The van der Waals surface area contributed by atoms with Crippen molar-refractivity contribution < 1.29 is 38.5 Å². The Hall–Kier alpha value is -3.55. The molecule has 0 bridgehead atoms. The van der Waals surface area contributed by atoms with Crippen LogP contribution in [0.25, 0.3) is 0 Å². The minimum Gasteiger partial charge on any atom is -0.423 e. The second-order valence-electron chi connectivity index (χ2n) is 9.47. The summed E-state index contributed by atoms with van der Waals surface area (Å²) in [6.45, 7) is 0.664. The van der Waals surface area contributed by atoms with Crippen LogP contribution in [0.3, 0.4) is 0 Å². The summed E-state index contributed by atoms with van der Waals surface area (Å²) in [5.41, 5.74) is 1.71. The van der Waals surface area contributed by atoms with Gasteiger partial charge in [-0.3, -0.25) is 19.2 Å². The molecule has 1 aromatic carbocycles. The summed E-state index contributed by atoms with van der Waals surface area (Å²) in [7, 11) is -1.08. The molecule has 5 rings (SSSR count). The summed E-state index contributed by atoms with van der Waals surface area (Å²) in [4.78, 5) is 70.3. The second-order valence-corrected chi connectivity index (χ2v) is 10.5. The smallest absolute Gasteiger partial charge is 0.423 e. The van der Waals surface area contributed by atoms with Crippen molar-refractivity contribution in [1.82, 2.24) is 15.3 Å². The van der Waals surface area contributed by atoms with E-state index in [0.717, 1.165) is 10.4 Å². The molecule has 3 aliphatic rings. The number of thiophene rings is 1. The van der Waals surface area contributed by atoms with Crippen LogP contribution in [0, 0.1) is 0 Å². The molecule has 3 aliphatic heterocycles. The number of carbonyl (C=O) groups excluding carboxylic acids is 5. The van der Waals surface area contributed by atoms with Gasteiger partial charge in [-0.15, -0.1) is 16.4 Å². The zero-order valence-electron chi connectivity index (χ0n) is 20.5. The lowest BCUT2D eigenvalue weighted by atomic mass is 9.78. The number of fused-ring (bicyclic) bond motifs is 1. The Morgan fingerprint density at radius 3 is 2.74 bits per heavy atom. The van der Waals surface area contributed by atoms with Crippen LogP contribution in [-0.4, -0.2) is 70.3 Å². The Labute approximate surface area is 222 Å². The predicted molar refractivity (Wildman–Crippen MR) is 135 cm³/mol. The van der Waals surface area contributed by atoms with E-state index in [2.05, 4.69) is 5.32 Å². The molecule has 0 unspecified atom stereocenters. The topological polar surface area (TPSA) is 143 Å². The number of benzene rings is 1. The van der Waals surface area contributed by atoms with E-state index in [4.69, 9.17) is 9.49 Å². The maximum atomic E-state index is 13.4. The standard InChI is InChI=1S/C25H26BN3O8S/c30-21-7-8-22(31)29(21)37-23(32)13-17(12-18-3-2-10-38-18)27-24(33)20-4-1-9-28(20)25(34)15-5-6-16-14-36-26(35)19(16)11-15/h2-3,5-6,10-11,17,20,35H,1,4,7-9,12-14H2,(H,27,33)/t17-,20+/m1/s1. The average molecular weight is 539 g/mol. The van der Waals surface area contributed by atoms with Crippen molar-refractivity contribution in [2.24, 2.45) is 0 Å². The molecule has 0 saturated carbocycles. The fourth-order valence-corrected chi connectivity index (χ4v) is 5.72. The van der Waals surface area contributed by atoms with E-state index in [1.165, 1.54) is 16.2 Å². The van der Waals surface area contributed by atoms with Gasteiger partial charge < -0.3 is 24.7 Å². The predicted octanol–water partition coefficient (Wildman–Crippen LogP) is 0.295. The number of imide groups is 1. The highest BCUT2D eigenvalue weighted by molar-refractivity contribution is 7.09. The summed E-state index contributed by atoms with van der Waals surface area (Å²) in [6.07, 6.45) is 1.15. The van der Waals surface area contributed by atoms with Gasteiger partial charge in [-0.2, -0.15) is 0 Å². The lowest BCUT2D eigenvalue weighted by Crippen LogP contribution is -2.50.